The van der Waals surface area contributed by atoms with Crippen LogP contribution in [0.5, 0.6) is 0 Å². The van der Waals surface area contributed by atoms with Crippen molar-refractivity contribution in [2.24, 2.45) is 0 Å². The van der Waals surface area contributed by atoms with Gasteiger partial charge < -0.3 is 9.32 Å². The molecule has 2 nitrogen and oxygen atoms in total. The molecular weight excluding hydrogens is 583 g/mol. The van der Waals surface area contributed by atoms with Crippen molar-refractivity contribution in [3.8, 4) is 33.4 Å². The third kappa shape index (κ3) is 4.92. The van der Waals surface area contributed by atoms with E-state index in [-0.39, 0.29) is 0 Å². The molecule has 0 saturated carbocycles. The molecule has 0 N–H and O–H groups in total. The Morgan fingerprint density at radius 3 is 1.69 bits per heavy atom. The molecule has 0 saturated heterocycles. The van der Waals surface area contributed by atoms with Crippen LogP contribution >= 0.6 is 0 Å². The first kappa shape index (κ1) is 27.9. The first-order valence-corrected chi connectivity index (χ1v) is 16.3. The van der Waals surface area contributed by atoms with E-state index in [0.717, 1.165) is 50.1 Å². The van der Waals surface area contributed by atoms with Gasteiger partial charge in [-0.25, -0.2) is 0 Å². The van der Waals surface area contributed by atoms with Crippen LogP contribution in [0.3, 0.4) is 0 Å². The molecule has 0 bridgehead atoms. The van der Waals surface area contributed by atoms with Gasteiger partial charge in [0.1, 0.15) is 11.2 Å². The van der Waals surface area contributed by atoms with Crippen LogP contribution in [0, 0.1) is 0 Å². The second kappa shape index (κ2) is 11.8. The molecule has 1 aromatic heterocycles. The largest absolute Gasteiger partial charge is 0.455 e. The molecule has 9 aromatic rings. The molecule has 1 heterocycles. The van der Waals surface area contributed by atoms with E-state index < -0.39 is 0 Å². The first-order valence-electron chi connectivity index (χ1n) is 16.3. The topological polar surface area (TPSA) is 16.4 Å². The molecule has 226 valence electrons. The van der Waals surface area contributed by atoms with Gasteiger partial charge in [-0.3, -0.25) is 0 Å². The minimum Gasteiger partial charge on any atom is -0.455 e. The summed E-state index contributed by atoms with van der Waals surface area (Å²) in [6.07, 6.45) is 0. The van der Waals surface area contributed by atoms with E-state index in [1.807, 2.05) is 0 Å². The summed E-state index contributed by atoms with van der Waals surface area (Å²) in [5.74, 6) is 0. The second-order valence-corrected chi connectivity index (χ2v) is 12.2. The maximum absolute atomic E-state index is 6.68. The fraction of sp³-hybridized carbons (Fsp3) is 0. The summed E-state index contributed by atoms with van der Waals surface area (Å²) >= 11 is 0. The van der Waals surface area contributed by atoms with Gasteiger partial charge in [-0.2, -0.15) is 0 Å². The fourth-order valence-corrected chi connectivity index (χ4v) is 6.91. The van der Waals surface area contributed by atoms with E-state index in [9.17, 15) is 0 Å². The number of hydrogen-bond donors (Lipinski definition) is 0. The average molecular weight is 614 g/mol. The Morgan fingerprint density at radius 1 is 0.354 bits per heavy atom. The van der Waals surface area contributed by atoms with Crippen molar-refractivity contribution in [3.05, 3.63) is 188 Å². The molecule has 0 atom stereocenters. The van der Waals surface area contributed by atoms with Crippen LogP contribution in [-0.4, -0.2) is 0 Å². The summed E-state index contributed by atoms with van der Waals surface area (Å²) in [6, 6.07) is 66.8. The Morgan fingerprint density at radius 2 is 0.917 bits per heavy atom. The number of nitrogens with zero attached hydrogens (tertiary/aromatic N) is 1. The van der Waals surface area contributed by atoms with E-state index in [1.54, 1.807) is 0 Å². The van der Waals surface area contributed by atoms with Gasteiger partial charge >= 0.3 is 0 Å². The van der Waals surface area contributed by atoms with Crippen LogP contribution in [0.25, 0.3) is 66.1 Å². The third-order valence-electron chi connectivity index (χ3n) is 9.24. The Hall–Kier alpha value is -6.38. The average Bonchev–Trinajstić information content (AvgIpc) is 3.53. The molecule has 0 radical (unpaired) electrons. The van der Waals surface area contributed by atoms with E-state index in [4.69, 9.17) is 4.42 Å². The zero-order valence-corrected chi connectivity index (χ0v) is 26.3. The molecule has 48 heavy (non-hydrogen) atoms. The Balaban J connectivity index is 1.17. The van der Waals surface area contributed by atoms with E-state index >= 15 is 0 Å². The predicted molar refractivity (Wildman–Crippen MR) is 202 cm³/mol. The minimum absolute atomic E-state index is 0.900. The second-order valence-electron chi connectivity index (χ2n) is 12.2. The van der Waals surface area contributed by atoms with Crippen LogP contribution in [0.15, 0.2) is 192 Å². The molecule has 0 amide bonds. The summed E-state index contributed by atoms with van der Waals surface area (Å²) in [4.78, 5) is 2.34. The lowest BCUT2D eigenvalue weighted by Gasteiger charge is -2.28. The van der Waals surface area contributed by atoms with Crippen LogP contribution < -0.4 is 4.90 Å². The zero-order valence-electron chi connectivity index (χ0n) is 26.3. The lowest BCUT2D eigenvalue weighted by atomic mass is 9.98. The van der Waals surface area contributed by atoms with E-state index in [2.05, 4.69) is 193 Å². The number of anilines is 3. The fourth-order valence-electron chi connectivity index (χ4n) is 6.91. The lowest BCUT2D eigenvalue weighted by Crippen LogP contribution is -2.11. The highest BCUT2D eigenvalue weighted by molar-refractivity contribution is 6.14. The number of benzene rings is 8. The van der Waals surface area contributed by atoms with Gasteiger partial charge in [-0.1, -0.05) is 140 Å². The molecular formula is C46H31NO. The molecule has 0 unspecified atom stereocenters. The van der Waals surface area contributed by atoms with Gasteiger partial charge in [0, 0.05) is 33.3 Å². The van der Waals surface area contributed by atoms with Crippen LogP contribution in [0.2, 0.25) is 0 Å². The van der Waals surface area contributed by atoms with Gasteiger partial charge in [0.25, 0.3) is 0 Å². The van der Waals surface area contributed by atoms with E-state index in [1.165, 1.54) is 33.0 Å². The maximum Gasteiger partial charge on any atom is 0.143 e. The highest BCUT2D eigenvalue weighted by Gasteiger charge is 2.20. The van der Waals surface area contributed by atoms with Gasteiger partial charge in [0.05, 0.1) is 5.69 Å². The lowest BCUT2D eigenvalue weighted by molar-refractivity contribution is 0.670. The summed E-state index contributed by atoms with van der Waals surface area (Å²) in [6.45, 7) is 0. The van der Waals surface area contributed by atoms with Crippen LogP contribution in [-0.2, 0) is 0 Å². The summed E-state index contributed by atoms with van der Waals surface area (Å²) < 4.78 is 6.68. The normalized spacial score (nSPS) is 11.3. The van der Waals surface area contributed by atoms with E-state index in [0.29, 0.717) is 0 Å². The van der Waals surface area contributed by atoms with Gasteiger partial charge in [0.15, 0.2) is 0 Å². The zero-order chi connectivity index (χ0) is 31.9. The smallest absolute Gasteiger partial charge is 0.143 e. The number of fused-ring (bicyclic) bond motifs is 4. The van der Waals surface area contributed by atoms with Gasteiger partial charge in [-0.15, -0.1) is 0 Å². The summed E-state index contributed by atoms with van der Waals surface area (Å²) in [5, 5.41) is 4.65. The van der Waals surface area contributed by atoms with Gasteiger partial charge in [0.2, 0.25) is 0 Å². The van der Waals surface area contributed by atoms with Crippen molar-refractivity contribution in [2.75, 3.05) is 4.90 Å². The van der Waals surface area contributed by atoms with Crippen molar-refractivity contribution >= 4 is 49.8 Å². The minimum atomic E-state index is 0.900. The molecule has 0 aliphatic heterocycles. The maximum atomic E-state index is 6.68. The molecule has 2 heteroatoms. The van der Waals surface area contributed by atoms with Crippen molar-refractivity contribution in [1.29, 1.82) is 0 Å². The molecule has 0 aliphatic carbocycles. The third-order valence-corrected chi connectivity index (χ3v) is 9.24. The van der Waals surface area contributed by atoms with Crippen molar-refractivity contribution < 1.29 is 4.42 Å². The Bertz CT molecular complexity index is 2550. The Labute approximate surface area is 279 Å². The molecule has 0 fully saturated rings. The predicted octanol–water partition coefficient (Wildman–Crippen LogP) is 13.2. The number of para-hydroxylation sites is 3. The molecule has 0 aliphatic rings. The van der Waals surface area contributed by atoms with Gasteiger partial charge in [-0.05, 0) is 81.6 Å². The monoisotopic (exact) mass is 613 g/mol. The quantitative estimate of drug-likeness (QED) is 0.185. The van der Waals surface area contributed by atoms with Crippen molar-refractivity contribution in [3.63, 3.8) is 0 Å². The summed E-state index contributed by atoms with van der Waals surface area (Å²) in [7, 11) is 0. The number of furan rings is 1. The Kier molecular flexibility index (Phi) is 6.84. The summed E-state index contributed by atoms with van der Waals surface area (Å²) in [5.41, 5.74) is 12.0. The van der Waals surface area contributed by atoms with Crippen molar-refractivity contribution in [2.45, 2.75) is 0 Å². The highest BCUT2D eigenvalue weighted by Crippen LogP contribution is 2.44. The SMILES string of the molecule is c1ccc(-c2cccc(-c3ccc(N(c4ccccc4)c4ccccc4-c4cccc5c4oc4cc6ccccc6cc45)cc3)c2)cc1. The molecule has 9 rings (SSSR count). The molecule has 8 aromatic carbocycles. The standard InChI is InChI=1S/C46H31NO/c1-3-13-32(14-4-1)34-17-11-18-35(29-34)33-25-27-39(28-26-33)47(38-19-5-2-6-20-38)44-24-10-9-21-40(44)41-22-12-23-42-43-30-36-15-7-8-16-37(36)31-45(43)48-46(41)42/h1-31H. The first-order chi connectivity index (χ1) is 23.8. The number of hydrogen-bond acceptors (Lipinski definition) is 2. The van der Waals surface area contributed by atoms with Crippen LogP contribution in [0.4, 0.5) is 17.1 Å². The molecule has 0 spiro atoms. The van der Waals surface area contributed by atoms with Crippen molar-refractivity contribution in [1.82, 2.24) is 0 Å². The highest BCUT2D eigenvalue weighted by atomic mass is 16.3. The number of rotatable bonds is 6. The van der Waals surface area contributed by atoms with Crippen LogP contribution in [0.1, 0.15) is 0 Å².